The molecule has 0 aromatic carbocycles. The second kappa shape index (κ2) is 4.03. The minimum absolute atomic E-state index is 0.00951. The van der Waals surface area contributed by atoms with Crippen LogP contribution in [0, 0.1) is 0 Å². The first kappa shape index (κ1) is 11.9. The Hall–Kier alpha value is -1.56. The van der Waals surface area contributed by atoms with Crippen molar-refractivity contribution in [2.24, 2.45) is 0 Å². The summed E-state index contributed by atoms with van der Waals surface area (Å²) in [5.74, 6) is 0.233. The number of H-pyrrole nitrogens is 1. The van der Waals surface area contributed by atoms with Crippen molar-refractivity contribution < 1.29 is 4.79 Å². The quantitative estimate of drug-likeness (QED) is 0.749. The topological polar surface area (TPSA) is 78.1 Å². The molecule has 1 aliphatic heterocycles. The van der Waals surface area contributed by atoms with E-state index in [9.17, 15) is 9.59 Å². The number of nitrogens with one attached hydrogen (secondary N) is 2. The van der Waals surface area contributed by atoms with Crippen LogP contribution in [0.5, 0.6) is 0 Å². The highest BCUT2D eigenvalue weighted by molar-refractivity contribution is 6.32. The zero-order valence-electron chi connectivity index (χ0n) is 9.58. The third-order valence-electron chi connectivity index (χ3n) is 2.89. The van der Waals surface area contributed by atoms with E-state index in [1.165, 1.54) is 6.33 Å². The Morgan fingerprint density at radius 2 is 2.18 bits per heavy atom. The molecule has 0 aliphatic carbocycles. The van der Waals surface area contributed by atoms with Gasteiger partial charge in [-0.15, -0.1) is 0 Å². The van der Waals surface area contributed by atoms with Crippen molar-refractivity contribution in [2.75, 3.05) is 18.0 Å². The SMILES string of the molecule is CC1(C)C(=O)NCCN1c1nc[nH]c(=O)c1Cl. The monoisotopic (exact) mass is 256 g/mol. The highest BCUT2D eigenvalue weighted by Crippen LogP contribution is 2.27. The summed E-state index contributed by atoms with van der Waals surface area (Å²) < 4.78 is 0. The molecule has 0 saturated carbocycles. The van der Waals surface area contributed by atoms with Gasteiger partial charge in [-0.2, -0.15) is 0 Å². The number of nitrogens with zero attached hydrogens (tertiary/aromatic N) is 2. The van der Waals surface area contributed by atoms with E-state index in [1.807, 2.05) is 0 Å². The maximum Gasteiger partial charge on any atom is 0.271 e. The standard InChI is InChI=1S/C10H13ClN4O2/c1-10(2)9(17)12-3-4-15(10)7-6(11)8(16)14-5-13-7/h5H,3-4H2,1-2H3,(H,12,17)(H,13,14,16). The molecule has 0 radical (unpaired) electrons. The number of carbonyl (C=O) groups is 1. The Kier molecular flexibility index (Phi) is 2.82. The number of piperazine rings is 1. The molecule has 6 nitrogen and oxygen atoms in total. The highest BCUT2D eigenvalue weighted by Gasteiger charge is 2.39. The first-order chi connectivity index (χ1) is 7.94. The lowest BCUT2D eigenvalue weighted by atomic mass is 9.99. The predicted molar refractivity (Wildman–Crippen MR) is 64.3 cm³/mol. The number of anilines is 1. The van der Waals surface area contributed by atoms with Crippen LogP contribution in [0.1, 0.15) is 13.8 Å². The van der Waals surface area contributed by atoms with E-state index in [-0.39, 0.29) is 10.9 Å². The second-order valence-electron chi connectivity index (χ2n) is 4.34. The third-order valence-corrected chi connectivity index (χ3v) is 3.23. The Morgan fingerprint density at radius 3 is 2.88 bits per heavy atom. The summed E-state index contributed by atoms with van der Waals surface area (Å²) in [6.45, 7) is 4.60. The van der Waals surface area contributed by atoms with Crippen molar-refractivity contribution in [3.8, 4) is 0 Å². The summed E-state index contributed by atoms with van der Waals surface area (Å²) in [5.41, 5.74) is -1.18. The summed E-state index contributed by atoms with van der Waals surface area (Å²) in [5, 5.41) is 2.78. The van der Waals surface area contributed by atoms with Gasteiger partial charge in [-0.1, -0.05) is 11.6 Å². The van der Waals surface area contributed by atoms with Gasteiger partial charge in [0.15, 0.2) is 5.82 Å². The first-order valence-corrected chi connectivity index (χ1v) is 5.61. The van der Waals surface area contributed by atoms with Gasteiger partial charge < -0.3 is 15.2 Å². The number of hydrogen-bond acceptors (Lipinski definition) is 4. The van der Waals surface area contributed by atoms with Crippen LogP contribution in [0.4, 0.5) is 5.82 Å². The van der Waals surface area contributed by atoms with Crippen molar-refractivity contribution in [1.29, 1.82) is 0 Å². The van der Waals surface area contributed by atoms with E-state index in [0.29, 0.717) is 18.9 Å². The fraction of sp³-hybridized carbons (Fsp3) is 0.500. The van der Waals surface area contributed by atoms with Crippen molar-refractivity contribution in [3.63, 3.8) is 0 Å². The molecule has 1 aliphatic rings. The van der Waals surface area contributed by atoms with E-state index in [0.717, 1.165) is 0 Å². The van der Waals surface area contributed by atoms with Gasteiger partial charge in [0.2, 0.25) is 5.91 Å². The zero-order valence-corrected chi connectivity index (χ0v) is 10.3. The lowest BCUT2D eigenvalue weighted by molar-refractivity contribution is -0.126. The minimum atomic E-state index is -0.775. The lowest BCUT2D eigenvalue weighted by Crippen LogP contribution is -2.62. The van der Waals surface area contributed by atoms with E-state index in [2.05, 4.69) is 15.3 Å². The first-order valence-electron chi connectivity index (χ1n) is 5.23. The normalized spacial score (nSPS) is 19.0. The molecule has 1 amide bonds. The van der Waals surface area contributed by atoms with Crippen molar-refractivity contribution >= 4 is 23.3 Å². The fourth-order valence-corrected chi connectivity index (χ4v) is 2.04. The molecule has 2 rings (SSSR count). The molecule has 0 spiro atoms. The van der Waals surface area contributed by atoms with Gasteiger partial charge in [0.1, 0.15) is 10.6 Å². The number of aromatic nitrogens is 2. The van der Waals surface area contributed by atoms with Crippen molar-refractivity contribution in [1.82, 2.24) is 15.3 Å². The number of halogens is 1. The molecule has 1 aromatic rings. The van der Waals surface area contributed by atoms with Crippen LogP contribution in [0.15, 0.2) is 11.1 Å². The lowest BCUT2D eigenvalue weighted by Gasteiger charge is -2.42. The van der Waals surface area contributed by atoms with Gasteiger partial charge in [0.05, 0.1) is 6.33 Å². The van der Waals surface area contributed by atoms with Gasteiger partial charge in [-0.05, 0) is 13.8 Å². The average Bonchev–Trinajstić information content (AvgIpc) is 2.27. The smallest absolute Gasteiger partial charge is 0.271 e. The molecule has 2 N–H and O–H groups in total. The van der Waals surface area contributed by atoms with Crippen LogP contribution in [0.25, 0.3) is 0 Å². The largest absolute Gasteiger partial charge is 0.352 e. The molecular weight excluding hydrogens is 244 g/mol. The summed E-state index contributed by atoms with van der Waals surface area (Å²) >= 11 is 5.92. The van der Waals surface area contributed by atoms with Crippen LogP contribution in [-0.2, 0) is 4.79 Å². The fourth-order valence-electron chi connectivity index (χ4n) is 1.83. The molecule has 0 bridgehead atoms. The number of rotatable bonds is 1. The Bertz CT molecular complexity index is 511. The third kappa shape index (κ3) is 1.88. The number of amides is 1. The molecule has 1 fully saturated rings. The molecule has 17 heavy (non-hydrogen) atoms. The summed E-state index contributed by atoms with van der Waals surface area (Å²) in [6.07, 6.45) is 1.28. The molecule has 0 atom stereocenters. The Labute approximate surface area is 103 Å². The summed E-state index contributed by atoms with van der Waals surface area (Å²) in [4.78, 5) is 31.4. The average molecular weight is 257 g/mol. The molecule has 92 valence electrons. The number of hydrogen-bond donors (Lipinski definition) is 2. The van der Waals surface area contributed by atoms with Crippen LogP contribution >= 0.6 is 11.6 Å². The van der Waals surface area contributed by atoms with Gasteiger partial charge in [0, 0.05) is 13.1 Å². The van der Waals surface area contributed by atoms with E-state index < -0.39 is 11.1 Å². The molecular formula is C10H13ClN4O2. The highest BCUT2D eigenvalue weighted by atomic mass is 35.5. The van der Waals surface area contributed by atoms with Crippen molar-refractivity contribution in [2.45, 2.75) is 19.4 Å². The van der Waals surface area contributed by atoms with E-state index in [4.69, 9.17) is 11.6 Å². The maximum atomic E-state index is 11.8. The molecule has 0 unspecified atom stereocenters. The Morgan fingerprint density at radius 1 is 1.47 bits per heavy atom. The van der Waals surface area contributed by atoms with Crippen LogP contribution < -0.4 is 15.8 Å². The van der Waals surface area contributed by atoms with Crippen LogP contribution in [0.3, 0.4) is 0 Å². The van der Waals surface area contributed by atoms with Gasteiger partial charge >= 0.3 is 0 Å². The molecule has 1 saturated heterocycles. The molecule has 1 aromatic heterocycles. The molecule has 7 heteroatoms. The second-order valence-corrected chi connectivity index (χ2v) is 4.71. The van der Waals surface area contributed by atoms with Crippen LogP contribution in [0.2, 0.25) is 5.02 Å². The van der Waals surface area contributed by atoms with Crippen LogP contribution in [-0.4, -0.2) is 34.5 Å². The van der Waals surface area contributed by atoms with Crippen molar-refractivity contribution in [3.05, 3.63) is 21.7 Å². The zero-order chi connectivity index (χ0) is 12.6. The summed E-state index contributed by atoms with van der Waals surface area (Å²) in [6, 6.07) is 0. The van der Waals surface area contributed by atoms with Gasteiger partial charge in [-0.3, -0.25) is 9.59 Å². The van der Waals surface area contributed by atoms with E-state index in [1.54, 1.807) is 18.7 Å². The maximum absolute atomic E-state index is 11.8. The number of carbonyl (C=O) groups excluding carboxylic acids is 1. The van der Waals surface area contributed by atoms with Gasteiger partial charge in [-0.25, -0.2) is 4.98 Å². The molecule has 2 heterocycles. The summed E-state index contributed by atoms with van der Waals surface area (Å²) in [7, 11) is 0. The van der Waals surface area contributed by atoms with E-state index >= 15 is 0 Å². The predicted octanol–water partition coefficient (Wildman–Crippen LogP) is 0.138. The Balaban J connectivity index is 2.49. The minimum Gasteiger partial charge on any atom is -0.352 e. The van der Waals surface area contributed by atoms with Gasteiger partial charge in [0.25, 0.3) is 5.56 Å². The number of aromatic amines is 1.